The molecule has 1 aliphatic heterocycles. The molecule has 1 aliphatic rings. The Morgan fingerprint density at radius 3 is 2.38 bits per heavy atom. The summed E-state index contributed by atoms with van der Waals surface area (Å²) in [5, 5.41) is -0.157. The van der Waals surface area contributed by atoms with Gasteiger partial charge in [-0.25, -0.2) is 12.8 Å². The van der Waals surface area contributed by atoms with Gasteiger partial charge in [-0.1, -0.05) is 35.3 Å². The number of nitrogens with one attached hydrogen (secondary N) is 1. The lowest BCUT2D eigenvalue weighted by Crippen LogP contribution is -2.48. The van der Waals surface area contributed by atoms with Crippen molar-refractivity contribution in [1.82, 2.24) is 4.90 Å². The number of carbonyl (C=O) groups is 1. The third-order valence-corrected chi connectivity index (χ3v) is 6.51. The molecule has 1 heterocycles. The van der Waals surface area contributed by atoms with Crippen LogP contribution in [0, 0.1) is 5.82 Å². The molecule has 0 unspecified atom stereocenters. The Hall–Kier alpha value is -1.87. The van der Waals surface area contributed by atoms with Gasteiger partial charge in [-0.15, -0.1) is 0 Å². The van der Waals surface area contributed by atoms with E-state index in [1.54, 1.807) is 4.90 Å². The molecule has 156 valence electrons. The molecule has 0 aromatic heterocycles. The van der Waals surface area contributed by atoms with Gasteiger partial charge in [0, 0.05) is 13.1 Å². The van der Waals surface area contributed by atoms with Crippen molar-refractivity contribution in [3.63, 3.8) is 0 Å². The number of ether oxygens (including phenoxy) is 1. The Morgan fingerprint density at radius 2 is 1.76 bits per heavy atom. The van der Waals surface area contributed by atoms with Gasteiger partial charge in [0.15, 0.2) is 0 Å². The van der Waals surface area contributed by atoms with Gasteiger partial charge in [-0.05, 0) is 38.1 Å². The largest absolute Gasteiger partial charge is 0.372 e. The van der Waals surface area contributed by atoms with E-state index in [2.05, 4.69) is 4.72 Å². The van der Waals surface area contributed by atoms with Gasteiger partial charge < -0.3 is 9.64 Å². The minimum atomic E-state index is -4.27. The third kappa shape index (κ3) is 4.83. The second-order valence-corrected chi connectivity index (χ2v) is 9.28. The Balaban J connectivity index is 1.97. The first-order chi connectivity index (χ1) is 13.6. The number of sulfonamides is 1. The third-order valence-electron chi connectivity index (χ3n) is 4.37. The van der Waals surface area contributed by atoms with Crippen molar-refractivity contribution in [2.24, 2.45) is 0 Å². The van der Waals surface area contributed by atoms with E-state index in [-0.39, 0.29) is 38.4 Å². The van der Waals surface area contributed by atoms with Crippen LogP contribution in [-0.2, 0) is 14.8 Å². The number of halogens is 3. The first-order valence-electron chi connectivity index (χ1n) is 8.79. The molecule has 1 N–H and O–H groups in total. The molecule has 3 rings (SSSR count). The van der Waals surface area contributed by atoms with Crippen LogP contribution in [0.4, 0.5) is 10.1 Å². The van der Waals surface area contributed by atoms with Crippen LogP contribution in [0.3, 0.4) is 0 Å². The van der Waals surface area contributed by atoms with E-state index in [0.29, 0.717) is 13.1 Å². The molecule has 0 radical (unpaired) electrons. The standard InChI is InChI=1S/C19H19Cl2FN2O4S/c1-11-9-24(10-12(2)28-11)19(25)13-7-18(15(21)8-14(13)20)29(26,27)23-17-6-4-3-5-16(17)22/h3-8,11-12,23H,9-10H2,1-2H3/t11-,12+. The Kier molecular flexibility index (Phi) is 6.38. The van der Waals surface area contributed by atoms with Crippen molar-refractivity contribution in [2.75, 3.05) is 17.8 Å². The number of nitrogens with zero attached hydrogens (tertiary/aromatic N) is 1. The second-order valence-electron chi connectivity index (χ2n) is 6.82. The zero-order valence-electron chi connectivity index (χ0n) is 15.7. The number of hydrogen-bond acceptors (Lipinski definition) is 4. The van der Waals surface area contributed by atoms with E-state index in [9.17, 15) is 17.6 Å². The maximum Gasteiger partial charge on any atom is 0.263 e. The fraction of sp³-hybridized carbons (Fsp3) is 0.316. The van der Waals surface area contributed by atoms with Gasteiger partial charge in [0.25, 0.3) is 15.9 Å². The molecule has 6 nitrogen and oxygen atoms in total. The summed E-state index contributed by atoms with van der Waals surface area (Å²) >= 11 is 12.3. The van der Waals surface area contributed by atoms with Crippen molar-refractivity contribution in [2.45, 2.75) is 31.0 Å². The van der Waals surface area contributed by atoms with Crippen LogP contribution in [0.25, 0.3) is 0 Å². The molecule has 1 amide bonds. The number of hydrogen-bond donors (Lipinski definition) is 1. The average molecular weight is 461 g/mol. The highest BCUT2D eigenvalue weighted by Crippen LogP contribution is 2.31. The molecule has 0 saturated carbocycles. The highest BCUT2D eigenvalue weighted by Gasteiger charge is 2.30. The molecule has 10 heteroatoms. The summed E-state index contributed by atoms with van der Waals surface area (Å²) in [5.74, 6) is -1.18. The summed E-state index contributed by atoms with van der Waals surface area (Å²) in [6.45, 7) is 4.37. The number of anilines is 1. The first kappa shape index (κ1) is 21.8. The molecular formula is C19H19Cl2FN2O4S. The van der Waals surface area contributed by atoms with Crippen molar-refractivity contribution < 1.29 is 22.3 Å². The zero-order chi connectivity index (χ0) is 21.3. The fourth-order valence-electron chi connectivity index (χ4n) is 3.16. The quantitative estimate of drug-likeness (QED) is 0.742. The summed E-state index contributed by atoms with van der Waals surface area (Å²) in [5.41, 5.74) is -0.242. The smallest absolute Gasteiger partial charge is 0.263 e. The summed E-state index contributed by atoms with van der Waals surface area (Å²) in [4.78, 5) is 14.2. The highest BCUT2D eigenvalue weighted by molar-refractivity contribution is 7.92. The minimum Gasteiger partial charge on any atom is -0.372 e. The molecule has 1 saturated heterocycles. The predicted octanol–water partition coefficient (Wildman–Crippen LogP) is 4.18. The SMILES string of the molecule is C[C@@H]1CN(C(=O)c2cc(S(=O)(=O)Nc3ccccc3F)c(Cl)cc2Cl)C[C@H](C)O1. The number of benzene rings is 2. The van der Waals surface area contributed by atoms with Gasteiger partial charge in [0.2, 0.25) is 0 Å². The molecule has 0 aliphatic carbocycles. The van der Waals surface area contributed by atoms with Crippen LogP contribution < -0.4 is 4.72 Å². The molecule has 0 spiro atoms. The van der Waals surface area contributed by atoms with Crippen LogP contribution in [0.15, 0.2) is 41.3 Å². The molecule has 2 aromatic carbocycles. The van der Waals surface area contributed by atoms with E-state index in [1.807, 2.05) is 13.8 Å². The van der Waals surface area contributed by atoms with Gasteiger partial charge in [0.05, 0.1) is 33.5 Å². The van der Waals surface area contributed by atoms with Crippen molar-refractivity contribution in [3.8, 4) is 0 Å². The van der Waals surface area contributed by atoms with E-state index >= 15 is 0 Å². The van der Waals surface area contributed by atoms with Crippen LogP contribution in [0.5, 0.6) is 0 Å². The maximum atomic E-state index is 13.9. The Labute approximate surface area is 178 Å². The topological polar surface area (TPSA) is 75.7 Å². The summed E-state index contributed by atoms with van der Waals surface area (Å²) in [6.07, 6.45) is -0.334. The Bertz CT molecular complexity index is 1040. The number of morpholine rings is 1. The van der Waals surface area contributed by atoms with Crippen molar-refractivity contribution in [1.29, 1.82) is 0 Å². The lowest BCUT2D eigenvalue weighted by atomic mass is 10.1. The normalized spacial score (nSPS) is 19.8. The fourth-order valence-corrected chi connectivity index (χ4v) is 5.08. The van der Waals surface area contributed by atoms with Gasteiger partial charge >= 0.3 is 0 Å². The molecule has 1 fully saturated rings. The van der Waals surface area contributed by atoms with E-state index in [4.69, 9.17) is 27.9 Å². The lowest BCUT2D eigenvalue weighted by molar-refractivity contribution is -0.0586. The van der Waals surface area contributed by atoms with Crippen molar-refractivity contribution >= 4 is 44.8 Å². The Morgan fingerprint density at radius 1 is 1.14 bits per heavy atom. The van der Waals surface area contributed by atoms with Crippen LogP contribution in [0.2, 0.25) is 10.0 Å². The molecule has 0 bridgehead atoms. The van der Waals surface area contributed by atoms with E-state index < -0.39 is 21.7 Å². The van der Waals surface area contributed by atoms with E-state index in [1.165, 1.54) is 24.3 Å². The lowest BCUT2D eigenvalue weighted by Gasteiger charge is -2.35. The monoisotopic (exact) mass is 460 g/mol. The highest BCUT2D eigenvalue weighted by atomic mass is 35.5. The number of amides is 1. The van der Waals surface area contributed by atoms with Gasteiger partial charge in [0.1, 0.15) is 10.7 Å². The number of carbonyl (C=O) groups excluding carboxylic acids is 1. The second kappa shape index (κ2) is 8.47. The first-order valence-corrected chi connectivity index (χ1v) is 11.0. The van der Waals surface area contributed by atoms with Crippen LogP contribution >= 0.6 is 23.2 Å². The van der Waals surface area contributed by atoms with E-state index in [0.717, 1.165) is 12.1 Å². The van der Waals surface area contributed by atoms with Gasteiger partial charge in [-0.3, -0.25) is 9.52 Å². The molecule has 2 aromatic rings. The average Bonchev–Trinajstić information content (AvgIpc) is 2.62. The zero-order valence-corrected chi connectivity index (χ0v) is 18.0. The predicted molar refractivity (Wildman–Crippen MR) is 110 cm³/mol. The molecular weight excluding hydrogens is 442 g/mol. The molecule has 2 atom stereocenters. The van der Waals surface area contributed by atoms with Gasteiger partial charge in [-0.2, -0.15) is 0 Å². The summed E-state index contributed by atoms with van der Waals surface area (Å²) in [6, 6.07) is 7.63. The maximum absolute atomic E-state index is 13.9. The minimum absolute atomic E-state index is 0.00808. The summed E-state index contributed by atoms with van der Waals surface area (Å²) in [7, 11) is -4.27. The van der Waals surface area contributed by atoms with Crippen LogP contribution in [-0.4, -0.2) is 44.5 Å². The number of para-hydroxylation sites is 1. The van der Waals surface area contributed by atoms with Crippen molar-refractivity contribution in [3.05, 3.63) is 57.8 Å². The van der Waals surface area contributed by atoms with Crippen LogP contribution in [0.1, 0.15) is 24.2 Å². The summed E-state index contributed by atoms with van der Waals surface area (Å²) < 4.78 is 47.2. The molecule has 29 heavy (non-hydrogen) atoms. The number of rotatable bonds is 4.